The number of non-ortho nitro benzene ring substituents is 1. The van der Waals surface area contributed by atoms with E-state index >= 15 is 0 Å². The molecule has 9 nitrogen and oxygen atoms in total. The van der Waals surface area contributed by atoms with Crippen LogP contribution < -0.4 is 5.73 Å². The molecule has 122 valence electrons. The van der Waals surface area contributed by atoms with Gasteiger partial charge in [0.15, 0.2) is 4.90 Å². The van der Waals surface area contributed by atoms with Crippen molar-refractivity contribution < 1.29 is 19.4 Å². The van der Waals surface area contributed by atoms with Crippen molar-refractivity contribution in [2.24, 2.45) is 5.73 Å². The molecule has 2 aromatic rings. The Labute approximate surface area is 138 Å². The molecular weight excluding hydrogens is 348 g/mol. The molecule has 11 heteroatoms. The van der Waals surface area contributed by atoms with Crippen LogP contribution in [0.4, 0.5) is 5.69 Å². The molecule has 0 aliphatic carbocycles. The second-order valence-corrected chi connectivity index (χ2v) is 6.19. The van der Waals surface area contributed by atoms with Crippen LogP contribution in [0.3, 0.4) is 0 Å². The number of aromatic nitrogens is 2. The SMILES string of the molecule is N[C@@H](Cc1cnc([S+]([O-])c2ccc([N+](=O)[O-])cc2)n1Cl)C(=O)O. The van der Waals surface area contributed by atoms with Crippen molar-refractivity contribution in [1.29, 1.82) is 0 Å². The Balaban J connectivity index is 2.23. The van der Waals surface area contributed by atoms with Crippen LogP contribution in [-0.2, 0) is 22.4 Å². The summed E-state index contributed by atoms with van der Waals surface area (Å²) < 4.78 is 13.4. The molecule has 2 rings (SSSR count). The number of nitro groups is 1. The van der Waals surface area contributed by atoms with Gasteiger partial charge in [0.1, 0.15) is 6.04 Å². The summed E-state index contributed by atoms with van der Waals surface area (Å²) in [5, 5.41) is 19.4. The Hall–Kier alpha value is -2.14. The smallest absolute Gasteiger partial charge is 0.344 e. The Morgan fingerprint density at radius 2 is 2.09 bits per heavy atom. The lowest BCUT2D eigenvalue weighted by atomic mass is 10.2. The van der Waals surface area contributed by atoms with Gasteiger partial charge in [0, 0.05) is 42.5 Å². The van der Waals surface area contributed by atoms with Gasteiger partial charge in [0.05, 0.1) is 28.0 Å². The van der Waals surface area contributed by atoms with Crippen LogP contribution in [-0.4, -0.2) is 35.7 Å². The average molecular weight is 359 g/mol. The fourth-order valence-electron chi connectivity index (χ4n) is 1.72. The zero-order chi connectivity index (χ0) is 17.1. The van der Waals surface area contributed by atoms with Gasteiger partial charge in [0.25, 0.3) is 5.69 Å². The quantitative estimate of drug-likeness (QED) is 0.443. The largest absolute Gasteiger partial charge is 0.604 e. The Kier molecular flexibility index (Phi) is 5.21. The zero-order valence-corrected chi connectivity index (χ0v) is 13.0. The van der Waals surface area contributed by atoms with Crippen molar-refractivity contribution in [3.05, 3.63) is 46.3 Å². The highest BCUT2D eigenvalue weighted by atomic mass is 35.5. The summed E-state index contributed by atoms with van der Waals surface area (Å²) in [7, 11) is 0. The van der Waals surface area contributed by atoms with Gasteiger partial charge < -0.3 is 15.4 Å². The van der Waals surface area contributed by atoms with Crippen molar-refractivity contribution >= 4 is 34.6 Å². The molecule has 0 bridgehead atoms. The van der Waals surface area contributed by atoms with E-state index in [4.69, 9.17) is 22.6 Å². The van der Waals surface area contributed by atoms with E-state index in [9.17, 15) is 19.5 Å². The van der Waals surface area contributed by atoms with Gasteiger partial charge in [0.2, 0.25) is 0 Å². The molecule has 0 saturated carbocycles. The number of carboxylic acids is 1. The molecule has 1 unspecified atom stereocenters. The molecular formula is C12H11ClN4O5S. The van der Waals surface area contributed by atoms with Gasteiger partial charge in [-0.15, -0.1) is 0 Å². The number of hydrogen-bond donors (Lipinski definition) is 2. The van der Waals surface area contributed by atoms with Gasteiger partial charge in [-0.05, 0) is 0 Å². The van der Waals surface area contributed by atoms with Crippen LogP contribution in [0.2, 0.25) is 0 Å². The van der Waals surface area contributed by atoms with Crippen LogP contribution in [0.1, 0.15) is 5.69 Å². The molecule has 1 aromatic carbocycles. The lowest BCUT2D eigenvalue weighted by Crippen LogP contribution is -2.32. The minimum atomic E-state index is -1.78. The van der Waals surface area contributed by atoms with E-state index < -0.39 is 28.1 Å². The van der Waals surface area contributed by atoms with Gasteiger partial charge in [-0.1, -0.05) is 0 Å². The molecule has 1 aromatic heterocycles. The molecule has 0 aliphatic rings. The Morgan fingerprint density at radius 1 is 1.48 bits per heavy atom. The van der Waals surface area contributed by atoms with Gasteiger partial charge >= 0.3 is 11.1 Å². The fraction of sp³-hybridized carbons (Fsp3) is 0.167. The average Bonchev–Trinajstić information content (AvgIpc) is 2.87. The first-order chi connectivity index (χ1) is 10.8. The van der Waals surface area contributed by atoms with Crippen LogP contribution in [0.25, 0.3) is 0 Å². The predicted molar refractivity (Wildman–Crippen MR) is 80.6 cm³/mol. The molecule has 0 spiro atoms. The molecule has 0 saturated heterocycles. The summed E-state index contributed by atoms with van der Waals surface area (Å²) in [6.45, 7) is 0. The lowest BCUT2D eigenvalue weighted by Gasteiger charge is -2.09. The second kappa shape index (κ2) is 6.96. The van der Waals surface area contributed by atoms with E-state index in [-0.39, 0.29) is 22.2 Å². The Morgan fingerprint density at radius 3 is 2.61 bits per heavy atom. The van der Waals surface area contributed by atoms with Gasteiger partial charge in [-0.3, -0.25) is 14.9 Å². The minimum Gasteiger partial charge on any atom is -0.604 e. The number of nitro benzene ring substituents is 1. The van der Waals surface area contributed by atoms with Crippen LogP contribution in [0.15, 0.2) is 40.5 Å². The predicted octanol–water partition coefficient (Wildman–Crippen LogP) is 0.914. The van der Waals surface area contributed by atoms with Crippen molar-refractivity contribution in [2.75, 3.05) is 0 Å². The molecule has 0 radical (unpaired) electrons. The van der Waals surface area contributed by atoms with Crippen molar-refractivity contribution in [3.8, 4) is 0 Å². The number of carboxylic acid groups (broad SMARTS) is 1. The number of halogens is 1. The number of hydrogen-bond acceptors (Lipinski definition) is 6. The number of benzene rings is 1. The van der Waals surface area contributed by atoms with E-state index in [0.717, 1.165) is 4.09 Å². The summed E-state index contributed by atoms with van der Waals surface area (Å²) in [4.78, 5) is 25.0. The fourth-order valence-corrected chi connectivity index (χ4v) is 3.07. The zero-order valence-electron chi connectivity index (χ0n) is 11.5. The Bertz CT molecular complexity index is 736. The minimum absolute atomic E-state index is 0.0203. The van der Waals surface area contributed by atoms with Crippen molar-refractivity contribution in [2.45, 2.75) is 22.5 Å². The lowest BCUT2D eigenvalue weighted by molar-refractivity contribution is -0.384. The van der Waals surface area contributed by atoms with E-state index in [1.807, 2.05) is 0 Å². The first-order valence-corrected chi connectivity index (χ1v) is 7.67. The number of aliphatic carboxylic acids is 1. The topological polar surface area (TPSA) is 147 Å². The maximum absolute atomic E-state index is 12.4. The maximum atomic E-state index is 12.4. The number of rotatable bonds is 6. The monoisotopic (exact) mass is 358 g/mol. The standard InChI is InChI=1S/C12H11ClN4O5S/c13-16-8(5-10(14)11(18)19)6-15-12(16)23(22)9-3-1-7(2-4-9)17(20)21/h1-4,6,10H,5,14H2,(H,18,19)/t10-,23?/m0/s1. The molecule has 0 aliphatic heterocycles. The van der Waals surface area contributed by atoms with Gasteiger partial charge in [-0.2, -0.15) is 9.07 Å². The van der Waals surface area contributed by atoms with E-state index in [0.29, 0.717) is 5.69 Å². The number of imidazole rings is 1. The van der Waals surface area contributed by atoms with Crippen LogP contribution >= 0.6 is 11.8 Å². The van der Waals surface area contributed by atoms with Crippen molar-refractivity contribution in [1.82, 2.24) is 9.07 Å². The second-order valence-electron chi connectivity index (χ2n) is 4.48. The summed E-state index contributed by atoms with van der Waals surface area (Å²) in [5.41, 5.74) is 5.59. The summed E-state index contributed by atoms with van der Waals surface area (Å²) in [6, 6.07) is 3.95. The van der Waals surface area contributed by atoms with Crippen molar-refractivity contribution in [3.63, 3.8) is 0 Å². The first kappa shape index (κ1) is 17.2. The highest BCUT2D eigenvalue weighted by Gasteiger charge is 2.26. The third kappa shape index (κ3) is 3.79. The molecule has 2 atom stereocenters. The first-order valence-electron chi connectivity index (χ1n) is 6.18. The highest BCUT2D eigenvalue weighted by molar-refractivity contribution is 7.91. The number of nitrogens with zero attached hydrogens (tertiary/aromatic N) is 3. The molecule has 23 heavy (non-hydrogen) atoms. The summed E-state index contributed by atoms with van der Waals surface area (Å²) in [5.74, 6) is -1.19. The van der Waals surface area contributed by atoms with E-state index in [1.54, 1.807) is 0 Å². The summed E-state index contributed by atoms with van der Waals surface area (Å²) >= 11 is 4.23. The summed E-state index contributed by atoms with van der Waals surface area (Å²) in [6.07, 6.45) is 1.21. The molecule has 1 heterocycles. The molecule has 0 fully saturated rings. The maximum Gasteiger partial charge on any atom is 0.344 e. The third-order valence-corrected chi connectivity index (χ3v) is 4.72. The number of nitrogens with two attached hydrogens (primary N) is 1. The van der Waals surface area contributed by atoms with Crippen LogP contribution in [0, 0.1) is 10.1 Å². The molecule has 3 N–H and O–H groups in total. The normalized spacial score (nSPS) is 13.5. The highest BCUT2D eigenvalue weighted by Crippen LogP contribution is 2.24. The van der Waals surface area contributed by atoms with E-state index in [1.165, 1.54) is 30.5 Å². The van der Waals surface area contributed by atoms with Crippen LogP contribution in [0.5, 0.6) is 0 Å². The van der Waals surface area contributed by atoms with Gasteiger partial charge in [-0.25, -0.2) is 0 Å². The third-order valence-electron chi connectivity index (χ3n) is 2.92. The van der Waals surface area contributed by atoms with E-state index in [2.05, 4.69) is 4.98 Å². The number of carbonyl (C=O) groups is 1. The molecule has 0 amide bonds.